The van der Waals surface area contributed by atoms with E-state index in [0.717, 1.165) is 12.4 Å². The molecular weight excluding hydrogens is 316 g/mol. The lowest BCUT2D eigenvalue weighted by molar-refractivity contribution is 0.522. The van der Waals surface area contributed by atoms with Crippen molar-refractivity contribution in [2.45, 2.75) is 136 Å². The molecule has 0 aromatic rings. The molecule has 0 aliphatic carbocycles. The minimum absolute atomic E-state index is 0.812. The lowest BCUT2D eigenvalue weighted by Gasteiger charge is -2.06. The average molecular weight is 367 g/mol. The van der Waals surface area contributed by atoms with Crippen LogP contribution in [0.4, 0.5) is 0 Å². The van der Waals surface area contributed by atoms with Crippen LogP contribution in [0.25, 0.3) is 0 Å². The number of allylic oxidation sites excluding steroid dienone is 1. The van der Waals surface area contributed by atoms with Crippen molar-refractivity contribution in [3.05, 3.63) is 11.9 Å². The van der Waals surface area contributed by atoms with Gasteiger partial charge in [-0.05, 0) is 19.4 Å². The standard InChI is InChI=1S/C24H50N2/c1-3-5-6-7-8-9-10-11-12-13-14-15-16-17-18-19-20-21-22-23-26-24(25)4-2/h4,26H,3,5-23,25H2,1-2H3. The van der Waals surface area contributed by atoms with Crippen molar-refractivity contribution < 1.29 is 0 Å². The van der Waals surface area contributed by atoms with Gasteiger partial charge < -0.3 is 11.1 Å². The largest absolute Gasteiger partial charge is 0.386 e. The average Bonchev–Trinajstić information content (AvgIpc) is 2.66. The Morgan fingerprint density at radius 3 is 1.19 bits per heavy atom. The van der Waals surface area contributed by atoms with E-state index < -0.39 is 0 Å². The monoisotopic (exact) mass is 366 g/mol. The Hall–Kier alpha value is -0.660. The Morgan fingerprint density at radius 1 is 0.577 bits per heavy atom. The number of nitrogens with one attached hydrogen (secondary N) is 1. The number of hydrogen-bond acceptors (Lipinski definition) is 2. The molecule has 0 aromatic carbocycles. The molecule has 26 heavy (non-hydrogen) atoms. The van der Waals surface area contributed by atoms with Gasteiger partial charge in [-0.15, -0.1) is 0 Å². The van der Waals surface area contributed by atoms with Gasteiger partial charge in [0.2, 0.25) is 0 Å². The first-order valence-electron chi connectivity index (χ1n) is 12.0. The molecule has 0 aliphatic heterocycles. The van der Waals surface area contributed by atoms with Crippen molar-refractivity contribution in [2.75, 3.05) is 6.54 Å². The first-order chi connectivity index (χ1) is 12.8. The normalized spacial score (nSPS) is 11.8. The first kappa shape index (κ1) is 25.3. The van der Waals surface area contributed by atoms with Gasteiger partial charge in [0, 0.05) is 6.54 Å². The zero-order chi connectivity index (χ0) is 19.1. The molecule has 0 saturated heterocycles. The van der Waals surface area contributed by atoms with Gasteiger partial charge in [-0.1, -0.05) is 122 Å². The highest BCUT2D eigenvalue weighted by Crippen LogP contribution is 2.14. The van der Waals surface area contributed by atoms with Gasteiger partial charge >= 0.3 is 0 Å². The Morgan fingerprint density at radius 2 is 0.885 bits per heavy atom. The molecular formula is C24H50N2. The third kappa shape index (κ3) is 21.4. The predicted molar refractivity (Wildman–Crippen MR) is 119 cm³/mol. The first-order valence-corrected chi connectivity index (χ1v) is 12.0. The van der Waals surface area contributed by atoms with Gasteiger partial charge in [0.1, 0.15) is 0 Å². The molecule has 0 saturated carbocycles. The Labute approximate surface area is 165 Å². The van der Waals surface area contributed by atoms with Crippen molar-refractivity contribution in [3.63, 3.8) is 0 Å². The third-order valence-electron chi connectivity index (χ3n) is 5.42. The van der Waals surface area contributed by atoms with Crippen molar-refractivity contribution in [2.24, 2.45) is 5.73 Å². The summed E-state index contributed by atoms with van der Waals surface area (Å²) in [4.78, 5) is 0. The van der Waals surface area contributed by atoms with E-state index in [9.17, 15) is 0 Å². The summed E-state index contributed by atoms with van der Waals surface area (Å²) in [6, 6.07) is 0. The van der Waals surface area contributed by atoms with Crippen LogP contribution in [-0.4, -0.2) is 6.54 Å². The highest BCUT2D eigenvalue weighted by atomic mass is 15.0. The van der Waals surface area contributed by atoms with E-state index in [4.69, 9.17) is 5.73 Å². The molecule has 0 fully saturated rings. The van der Waals surface area contributed by atoms with E-state index in [0.29, 0.717) is 0 Å². The van der Waals surface area contributed by atoms with Crippen LogP contribution in [0.3, 0.4) is 0 Å². The lowest BCUT2D eigenvalue weighted by Crippen LogP contribution is -2.20. The summed E-state index contributed by atoms with van der Waals surface area (Å²) in [6.45, 7) is 5.29. The molecule has 0 radical (unpaired) electrons. The molecule has 0 unspecified atom stereocenters. The molecule has 2 heteroatoms. The second kappa shape index (κ2) is 22.4. The van der Waals surface area contributed by atoms with Crippen molar-refractivity contribution in [3.8, 4) is 0 Å². The molecule has 0 atom stereocenters. The maximum Gasteiger partial charge on any atom is 0.0916 e. The zero-order valence-electron chi connectivity index (χ0n) is 18.3. The zero-order valence-corrected chi connectivity index (χ0v) is 18.3. The predicted octanol–water partition coefficient (Wildman–Crippen LogP) is 7.83. The fourth-order valence-corrected chi connectivity index (χ4v) is 3.54. The molecule has 0 amide bonds. The smallest absolute Gasteiger partial charge is 0.0916 e. The number of rotatable bonds is 21. The maximum atomic E-state index is 5.70. The van der Waals surface area contributed by atoms with Gasteiger partial charge in [-0.25, -0.2) is 0 Å². The minimum atomic E-state index is 0.812. The molecule has 0 aliphatic rings. The molecule has 0 heterocycles. The molecule has 2 nitrogen and oxygen atoms in total. The van der Waals surface area contributed by atoms with E-state index in [1.807, 2.05) is 13.0 Å². The Bertz CT molecular complexity index is 286. The second-order valence-electron chi connectivity index (χ2n) is 8.03. The minimum Gasteiger partial charge on any atom is -0.386 e. The molecule has 156 valence electrons. The fraction of sp³-hybridized carbons (Fsp3) is 0.917. The van der Waals surface area contributed by atoms with E-state index in [1.165, 1.54) is 122 Å². The van der Waals surface area contributed by atoms with Crippen LogP contribution in [0.1, 0.15) is 136 Å². The van der Waals surface area contributed by atoms with Crippen LogP contribution < -0.4 is 11.1 Å². The van der Waals surface area contributed by atoms with E-state index in [2.05, 4.69) is 12.2 Å². The van der Waals surface area contributed by atoms with Crippen LogP contribution >= 0.6 is 0 Å². The quantitative estimate of drug-likeness (QED) is 0.203. The van der Waals surface area contributed by atoms with Crippen molar-refractivity contribution >= 4 is 0 Å². The van der Waals surface area contributed by atoms with Crippen LogP contribution in [0.2, 0.25) is 0 Å². The van der Waals surface area contributed by atoms with Gasteiger partial charge in [0.15, 0.2) is 0 Å². The van der Waals surface area contributed by atoms with E-state index in [1.54, 1.807) is 0 Å². The van der Waals surface area contributed by atoms with Gasteiger partial charge in [0.25, 0.3) is 0 Å². The number of hydrogen-bond donors (Lipinski definition) is 2. The molecule has 0 spiro atoms. The second-order valence-corrected chi connectivity index (χ2v) is 8.03. The maximum absolute atomic E-state index is 5.70. The summed E-state index contributed by atoms with van der Waals surface area (Å²) in [6.07, 6.45) is 29.1. The summed E-state index contributed by atoms with van der Waals surface area (Å²) in [5.41, 5.74) is 5.70. The van der Waals surface area contributed by atoms with Crippen LogP contribution in [0, 0.1) is 0 Å². The molecule has 0 bridgehead atoms. The third-order valence-corrected chi connectivity index (χ3v) is 5.42. The van der Waals surface area contributed by atoms with Gasteiger partial charge in [-0.3, -0.25) is 0 Å². The summed E-state index contributed by atoms with van der Waals surface area (Å²) in [5, 5.41) is 3.23. The topological polar surface area (TPSA) is 38.0 Å². The highest BCUT2D eigenvalue weighted by Gasteiger charge is 1.95. The highest BCUT2D eigenvalue weighted by molar-refractivity contribution is 4.90. The Kier molecular flexibility index (Phi) is 21.8. The van der Waals surface area contributed by atoms with Gasteiger partial charge in [0.05, 0.1) is 5.82 Å². The number of nitrogens with two attached hydrogens (primary N) is 1. The van der Waals surface area contributed by atoms with Gasteiger partial charge in [-0.2, -0.15) is 0 Å². The Balaban J connectivity index is 3.01. The van der Waals surface area contributed by atoms with Crippen LogP contribution in [0.5, 0.6) is 0 Å². The summed E-state index contributed by atoms with van der Waals surface area (Å²) in [5.74, 6) is 0.812. The molecule has 0 rings (SSSR count). The summed E-state index contributed by atoms with van der Waals surface area (Å²) >= 11 is 0. The van der Waals surface area contributed by atoms with Crippen LogP contribution in [-0.2, 0) is 0 Å². The number of unbranched alkanes of at least 4 members (excludes halogenated alkanes) is 18. The molecule has 3 N–H and O–H groups in total. The lowest BCUT2D eigenvalue weighted by atomic mass is 10.0. The fourth-order valence-electron chi connectivity index (χ4n) is 3.54. The molecule has 0 aromatic heterocycles. The van der Waals surface area contributed by atoms with Crippen molar-refractivity contribution in [1.29, 1.82) is 0 Å². The van der Waals surface area contributed by atoms with E-state index >= 15 is 0 Å². The summed E-state index contributed by atoms with van der Waals surface area (Å²) in [7, 11) is 0. The van der Waals surface area contributed by atoms with Crippen molar-refractivity contribution in [1.82, 2.24) is 5.32 Å². The summed E-state index contributed by atoms with van der Waals surface area (Å²) < 4.78 is 0. The SMILES string of the molecule is CC=C(N)NCCCCCCCCCCCCCCCCCCCCC. The van der Waals surface area contributed by atoms with Crippen LogP contribution in [0.15, 0.2) is 11.9 Å². The van der Waals surface area contributed by atoms with E-state index in [-0.39, 0.29) is 0 Å².